The molecule has 0 radical (unpaired) electrons. The molecule has 2 amide bonds. The molecule has 0 aliphatic heterocycles. The summed E-state index contributed by atoms with van der Waals surface area (Å²) in [6, 6.07) is 1.93. The summed E-state index contributed by atoms with van der Waals surface area (Å²) in [6.45, 7) is -1.18. The van der Waals surface area contributed by atoms with Gasteiger partial charge in [0, 0.05) is 12.2 Å². The third kappa shape index (κ3) is 6.33. The van der Waals surface area contributed by atoms with Gasteiger partial charge < -0.3 is 20.5 Å². The maximum Gasteiger partial charge on any atom is 0.387 e. The number of alkyl halides is 2. The van der Waals surface area contributed by atoms with Crippen LogP contribution in [0.2, 0.25) is 10.0 Å². The Bertz CT molecular complexity index is 478. The van der Waals surface area contributed by atoms with E-state index < -0.39 is 18.7 Å². The maximum atomic E-state index is 12.2. The summed E-state index contributed by atoms with van der Waals surface area (Å²) in [6.07, 6.45) is -0.129. The third-order valence-electron chi connectivity index (χ3n) is 2.31. The Morgan fingerprint density at radius 3 is 2.43 bits per heavy atom. The molecule has 0 saturated carbocycles. The third-order valence-corrected chi connectivity index (χ3v) is 2.87. The van der Waals surface area contributed by atoms with Crippen LogP contribution in [0.25, 0.3) is 0 Å². The average molecular weight is 343 g/mol. The number of amides is 2. The fourth-order valence-electron chi connectivity index (χ4n) is 1.40. The number of carbonyl (C=O) groups excluding carboxylic acids is 1. The van der Waals surface area contributed by atoms with Crippen molar-refractivity contribution >= 4 is 34.9 Å². The fraction of sp³-hybridized carbons (Fsp3) is 0.417. The molecular formula is C12H14Cl2F2N2O3. The van der Waals surface area contributed by atoms with Crippen molar-refractivity contribution in [2.24, 2.45) is 0 Å². The molecule has 118 valence electrons. The molecule has 1 aromatic rings. The monoisotopic (exact) mass is 342 g/mol. The molecule has 1 rings (SSSR count). The van der Waals surface area contributed by atoms with E-state index in [4.69, 9.17) is 28.3 Å². The molecule has 0 saturated heterocycles. The zero-order valence-corrected chi connectivity index (χ0v) is 12.5. The minimum Gasteiger partial charge on any atom is -0.432 e. The van der Waals surface area contributed by atoms with E-state index in [9.17, 15) is 13.6 Å². The van der Waals surface area contributed by atoms with Gasteiger partial charge in [0.05, 0.1) is 16.1 Å². The Morgan fingerprint density at radius 1 is 1.38 bits per heavy atom. The summed E-state index contributed by atoms with van der Waals surface area (Å²) in [5.74, 6) is -0.353. The largest absolute Gasteiger partial charge is 0.432 e. The van der Waals surface area contributed by atoms with Crippen LogP contribution >= 0.6 is 23.2 Å². The van der Waals surface area contributed by atoms with Gasteiger partial charge in [0.2, 0.25) is 0 Å². The number of rotatable bonds is 6. The lowest BCUT2D eigenvalue weighted by atomic mass is 10.3. The molecule has 5 nitrogen and oxygen atoms in total. The van der Waals surface area contributed by atoms with Gasteiger partial charge in [-0.2, -0.15) is 8.78 Å². The molecular weight excluding hydrogens is 329 g/mol. The standard InChI is InChI=1S/C12H14Cl2F2N2O3/c1-6(19)2-3-17-12(20)18-7-4-8(13)10(9(14)5-7)21-11(15)16/h4-6,11,19H,2-3H2,1H3,(H2,17,18,20). The second kappa shape index (κ2) is 8.21. The molecule has 1 atom stereocenters. The molecule has 0 aromatic heterocycles. The van der Waals surface area contributed by atoms with Gasteiger partial charge >= 0.3 is 12.6 Å². The number of aliphatic hydroxyl groups is 1. The number of aliphatic hydroxyl groups excluding tert-OH is 1. The summed E-state index contributed by atoms with van der Waals surface area (Å²) in [4.78, 5) is 11.5. The number of benzene rings is 1. The predicted octanol–water partition coefficient (Wildman–Crippen LogP) is 3.49. The highest BCUT2D eigenvalue weighted by atomic mass is 35.5. The predicted molar refractivity (Wildman–Crippen MR) is 76.4 cm³/mol. The van der Waals surface area contributed by atoms with Crippen LogP contribution in [-0.4, -0.2) is 30.4 Å². The zero-order chi connectivity index (χ0) is 16.0. The highest BCUT2D eigenvalue weighted by Crippen LogP contribution is 2.36. The van der Waals surface area contributed by atoms with Crippen molar-refractivity contribution in [3.8, 4) is 5.75 Å². The van der Waals surface area contributed by atoms with Crippen LogP contribution in [0.1, 0.15) is 13.3 Å². The van der Waals surface area contributed by atoms with Gasteiger partial charge in [-0.1, -0.05) is 23.2 Å². The second-order valence-electron chi connectivity index (χ2n) is 4.17. The van der Waals surface area contributed by atoms with Crippen molar-refractivity contribution in [1.82, 2.24) is 5.32 Å². The van der Waals surface area contributed by atoms with Gasteiger partial charge in [0.25, 0.3) is 0 Å². The number of anilines is 1. The van der Waals surface area contributed by atoms with Crippen molar-refractivity contribution < 1.29 is 23.4 Å². The minimum absolute atomic E-state index is 0.151. The highest BCUT2D eigenvalue weighted by molar-refractivity contribution is 6.37. The van der Waals surface area contributed by atoms with E-state index in [0.29, 0.717) is 6.42 Å². The number of nitrogens with one attached hydrogen (secondary N) is 2. The van der Waals surface area contributed by atoms with E-state index in [-0.39, 0.29) is 28.0 Å². The van der Waals surface area contributed by atoms with Gasteiger partial charge in [-0.15, -0.1) is 0 Å². The van der Waals surface area contributed by atoms with Crippen molar-refractivity contribution in [1.29, 1.82) is 0 Å². The van der Waals surface area contributed by atoms with E-state index in [0.717, 1.165) is 0 Å². The normalized spacial score (nSPS) is 12.1. The van der Waals surface area contributed by atoms with Crippen LogP contribution < -0.4 is 15.4 Å². The average Bonchev–Trinajstić information content (AvgIpc) is 2.33. The molecule has 1 unspecified atom stereocenters. The first-order valence-corrected chi connectivity index (χ1v) is 6.72. The Morgan fingerprint density at radius 2 is 1.95 bits per heavy atom. The van der Waals surface area contributed by atoms with Gasteiger partial charge in [0.15, 0.2) is 5.75 Å². The Labute approximate surface area is 130 Å². The Kier molecular flexibility index (Phi) is 6.94. The van der Waals surface area contributed by atoms with Gasteiger partial charge in [-0.05, 0) is 25.5 Å². The van der Waals surface area contributed by atoms with Crippen molar-refractivity contribution in [2.75, 3.05) is 11.9 Å². The molecule has 1 aromatic carbocycles. The summed E-state index contributed by atoms with van der Waals surface area (Å²) < 4.78 is 28.5. The number of halogens is 4. The number of hydrogen-bond acceptors (Lipinski definition) is 3. The van der Waals surface area contributed by atoms with Crippen LogP contribution in [0.5, 0.6) is 5.75 Å². The molecule has 0 fully saturated rings. The lowest BCUT2D eigenvalue weighted by Crippen LogP contribution is -2.30. The molecule has 0 aliphatic carbocycles. The summed E-state index contributed by atoms with van der Waals surface area (Å²) in [7, 11) is 0. The summed E-state index contributed by atoms with van der Waals surface area (Å²) in [5, 5.41) is 13.7. The van der Waals surface area contributed by atoms with Crippen LogP contribution in [-0.2, 0) is 0 Å². The van der Waals surface area contributed by atoms with Crippen LogP contribution in [0.3, 0.4) is 0 Å². The lowest BCUT2D eigenvalue weighted by molar-refractivity contribution is -0.0497. The highest BCUT2D eigenvalue weighted by Gasteiger charge is 2.15. The van der Waals surface area contributed by atoms with Crippen molar-refractivity contribution in [3.05, 3.63) is 22.2 Å². The molecule has 0 aliphatic rings. The molecule has 21 heavy (non-hydrogen) atoms. The SMILES string of the molecule is CC(O)CCNC(=O)Nc1cc(Cl)c(OC(F)F)c(Cl)c1. The van der Waals surface area contributed by atoms with Crippen molar-refractivity contribution in [3.63, 3.8) is 0 Å². The summed E-state index contributed by atoms with van der Waals surface area (Å²) in [5.41, 5.74) is 0.223. The van der Waals surface area contributed by atoms with Gasteiger partial charge in [-0.25, -0.2) is 4.79 Å². The first-order valence-electron chi connectivity index (χ1n) is 5.96. The van der Waals surface area contributed by atoms with Crippen LogP contribution in [0.4, 0.5) is 19.3 Å². The minimum atomic E-state index is -3.05. The van der Waals surface area contributed by atoms with E-state index in [1.54, 1.807) is 6.92 Å². The number of carbonyl (C=O) groups is 1. The molecule has 0 heterocycles. The summed E-state index contributed by atoms with van der Waals surface area (Å²) >= 11 is 11.5. The first-order chi connectivity index (χ1) is 9.79. The van der Waals surface area contributed by atoms with Crippen LogP contribution in [0, 0.1) is 0 Å². The lowest BCUT2D eigenvalue weighted by Gasteiger charge is -2.12. The second-order valence-corrected chi connectivity index (χ2v) is 4.98. The molecule has 9 heteroatoms. The molecule has 0 spiro atoms. The zero-order valence-electron chi connectivity index (χ0n) is 11.0. The van der Waals surface area contributed by atoms with E-state index in [1.807, 2.05) is 0 Å². The smallest absolute Gasteiger partial charge is 0.387 e. The van der Waals surface area contributed by atoms with E-state index in [2.05, 4.69) is 15.4 Å². The van der Waals surface area contributed by atoms with Gasteiger partial charge in [-0.3, -0.25) is 0 Å². The van der Waals surface area contributed by atoms with E-state index >= 15 is 0 Å². The number of urea groups is 1. The molecule has 3 N–H and O–H groups in total. The number of hydrogen-bond donors (Lipinski definition) is 3. The first kappa shape index (κ1) is 17.7. The Hall–Kier alpha value is -1.31. The van der Waals surface area contributed by atoms with E-state index in [1.165, 1.54) is 12.1 Å². The quantitative estimate of drug-likeness (QED) is 0.741. The fourth-order valence-corrected chi connectivity index (χ4v) is 1.98. The van der Waals surface area contributed by atoms with Gasteiger partial charge in [0.1, 0.15) is 0 Å². The molecule has 0 bridgehead atoms. The number of ether oxygens (including phenoxy) is 1. The van der Waals surface area contributed by atoms with Crippen molar-refractivity contribution in [2.45, 2.75) is 26.1 Å². The Balaban J connectivity index is 2.66. The maximum absolute atomic E-state index is 12.2. The topological polar surface area (TPSA) is 70.6 Å². The van der Waals surface area contributed by atoms with Crippen LogP contribution in [0.15, 0.2) is 12.1 Å².